The number of aromatic nitrogens is 5. The molecule has 5 heterocycles. The number of piperidine rings is 1. The monoisotopic (exact) mass is 551 g/mol. The van der Waals surface area contributed by atoms with Crippen molar-refractivity contribution in [3.05, 3.63) is 36.3 Å². The van der Waals surface area contributed by atoms with Gasteiger partial charge in [0, 0.05) is 13.1 Å². The van der Waals surface area contributed by atoms with Gasteiger partial charge in [0.15, 0.2) is 11.6 Å². The van der Waals surface area contributed by atoms with Crippen LogP contribution in [0.1, 0.15) is 13.3 Å². The summed E-state index contributed by atoms with van der Waals surface area (Å²) >= 11 is 0. The minimum Gasteiger partial charge on any atom is -0.479 e. The Morgan fingerprint density at radius 3 is 2.69 bits per heavy atom. The number of likely N-dealkylation sites (tertiary alicyclic amines) is 1. The molecule has 2 aliphatic rings. The Hall–Kier alpha value is -3.52. The molecule has 208 valence electrons. The van der Waals surface area contributed by atoms with Crippen molar-refractivity contribution in [2.45, 2.75) is 44.1 Å². The van der Waals surface area contributed by atoms with E-state index < -0.39 is 36.3 Å². The van der Waals surface area contributed by atoms with Gasteiger partial charge in [-0.1, -0.05) is 0 Å². The van der Waals surface area contributed by atoms with Gasteiger partial charge < -0.3 is 19.4 Å². The van der Waals surface area contributed by atoms with Gasteiger partial charge >= 0.3 is 0 Å². The molecule has 2 aliphatic heterocycles. The maximum Gasteiger partial charge on any atom is 0.256 e. The van der Waals surface area contributed by atoms with Gasteiger partial charge in [-0.15, -0.1) is 5.10 Å². The van der Waals surface area contributed by atoms with Gasteiger partial charge in [-0.05, 0) is 31.0 Å². The zero-order chi connectivity index (χ0) is 27.5. The molecule has 0 aliphatic carbocycles. The molecule has 1 unspecified atom stereocenters. The van der Waals surface area contributed by atoms with E-state index in [-0.39, 0.29) is 52.1 Å². The van der Waals surface area contributed by atoms with Crippen molar-refractivity contribution in [3.8, 4) is 17.0 Å². The van der Waals surface area contributed by atoms with E-state index in [9.17, 15) is 13.2 Å². The highest BCUT2D eigenvalue weighted by molar-refractivity contribution is 5.90. The molecule has 0 bridgehead atoms. The van der Waals surface area contributed by atoms with E-state index in [1.165, 1.54) is 24.6 Å². The van der Waals surface area contributed by atoms with Gasteiger partial charge in [0.05, 0.1) is 62.6 Å². The van der Waals surface area contributed by atoms with Crippen LogP contribution in [0.25, 0.3) is 27.7 Å². The zero-order valence-electron chi connectivity index (χ0n) is 21.2. The molecule has 6 rings (SSSR count). The summed E-state index contributed by atoms with van der Waals surface area (Å²) in [6.07, 6.45) is -0.00895. The smallest absolute Gasteiger partial charge is 0.256 e. The summed E-state index contributed by atoms with van der Waals surface area (Å²) in [7, 11) is 1.33. The number of nitrogens with one attached hydrogen (secondary N) is 1. The number of halogens is 5. The second kappa shape index (κ2) is 9.59. The third kappa shape index (κ3) is 4.54. The summed E-state index contributed by atoms with van der Waals surface area (Å²) in [5, 5.41) is 7.36. The average molecular weight is 552 g/mol. The number of alkyl halides is 3. The first-order chi connectivity index (χ1) is 18.6. The molecule has 0 radical (unpaired) electrons. The van der Waals surface area contributed by atoms with Crippen molar-refractivity contribution < 1.29 is 31.4 Å². The van der Waals surface area contributed by atoms with Crippen molar-refractivity contribution >= 4 is 22.5 Å². The quantitative estimate of drug-likeness (QED) is 0.349. The normalized spacial score (nSPS) is 22.6. The Balaban J connectivity index is 1.35. The number of benzene rings is 1. The lowest BCUT2D eigenvalue weighted by Gasteiger charge is -2.46. The first-order valence-electron chi connectivity index (χ1n) is 12.5. The molecular formula is C25H26F5N7O2. The largest absolute Gasteiger partial charge is 0.479 e. The predicted molar refractivity (Wildman–Crippen MR) is 132 cm³/mol. The number of anilines is 1. The lowest BCUT2D eigenvalue weighted by atomic mass is 9.89. The Kier molecular flexibility index (Phi) is 6.33. The zero-order valence-corrected chi connectivity index (χ0v) is 21.2. The maximum absolute atomic E-state index is 15.6. The maximum atomic E-state index is 15.6. The van der Waals surface area contributed by atoms with Crippen LogP contribution in [-0.2, 0) is 11.3 Å². The minimum atomic E-state index is -2.69. The van der Waals surface area contributed by atoms with Crippen LogP contribution in [0.3, 0.4) is 0 Å². The molecule has 0 spiro atoms. The van der Waals surface area contributed by atoms with Gasteiger partial charge in [0.1, 0.15) is 16.7 Å². The molecule has 3 aromatic heterocycles. The Morgan fingerprint density at radius 1 is 1.23 bits per heavy atom. The molecule has 9 nitrogen and oxygen atoms in total. The van der Waals surface area contributed by atoms with Gasteiger partial charge in [-0.3, -0.25) is 4.90 Å². The number of ether oxygens (including phenoxy) is 2. The van der Waals surface area contributed by atoms with Crippen molar-refractivity contribution in [1.29, 1.82) is 0 Å². The van der Waals surface area contributed by atoms with Gasteiger partial charge in [0.25, 0.3) is 6.43 Å². The molecule has 39 heavy (non-hydrogen) atoms. The van der Waals surface area contributed by atoms with Crippen molar-refractivity contribution in [2.75, 3.05) is 38.7 Å². The van der Waals surface area contributed by atoms with E-state index in [4.69, 9.17) is 9.47 Å². The fourth-order valence-electron chi connectivity index (χ4n) is 5.37. The number of nitrogens with zero attached hydrogens (tertiary/aromatic N) is 6. The summed E-state index contributed by atoms with van der Waals surface area (Å²) < 4.78 is 84.9. The molecule has 2 saturated heterocycles. The lowest BCUT2D eigenvalue weighted by Crippen LogP contribution is -2.61. The summed E-state index contributed by atoms with van der Waals surface area (Å²) in [5.41, 5.74) is -1.52. The van der Waals surface area contributed by atoms with Gasteiger partial charge in [-0.25, -0.2) is 31.5 Å². The second-order valence-electron chi connectivity index (χ2n) is 10.1. The summed E-state index contributed by atoms with van der Waals surface area (Å²) in [6, 6.07) is 2.06. The topological polar surface area (TPSA) is 81.7 Å². The summed E-state index contributed by atoms with van der Waals surface area (Å²) in [4.78, 5) is 10.3. The highest BCUT2D eigenvalue weighted by Gasteiger charge is 2.43. The molecular weight excluding hydrogens is 525 g/mol. The Morgan fingerprint density at radius 2 is 2.03 bits per heavy atom. The number of imidazole rings is 1. The van der Waals surface area contributed by atoms with Crippen molar-refractivity contribution in [3.63, 3.8) is 0 Å². The number of rotatable bonds is 7. The van der Waals surface area contributed by atoms with Crippen LogP contribution in [-0.4, -0.2) is 86.6 Å². The van der Waals surface area contributed by atoms with Crippen LogP contribution in [0.4, 0.5) is 27.9 Å². The van der Waals surface area contributed by atoms with Crippen LogP contribution in [0, 0.1) is 11.6 Å². The van der Waals surface area contributed by atoms with Crippen LogP contribution < -0.4 is 10.1 Å². The fourth-order valence-corrected chi connectivity index (χ4v) is 5.37. The number of methoxy groups -OCH3 is 1. The second-order valence-corrected chi connectivity index (χ2v) is 10.1. The van der Waals surface area contributed by atoms with Crippen LogP contribution in [0.5, 0.6) is 5.88 Å². The third-order valence-corrected chi connectivity index (χ3v) is 7.43. The number of hydrogen-bond donors (Lipinski definition) is 1. The molecule has 14 heteroatoms. The average Bonchev–Trinajstić information content (AvgIpc) is 3.38. The van der Waals surface area contributed by atoms with Gasteiger partial charge in [0.2, 0.25) is 11.8 Å². The van der Waals surface area contributed by atoms with Crippen LogP contribution in [0.15, 0.2) is 24.7 Å². The molecule has 1 N–H and O–H groups in total. The fraction of sp³-hybridized carbons (Fsp3) is 0.480. The molecule has 2 atom stereocenters. The number of hydrogen-bond acceptors (Lipinski definition) is 7. The van der Waals surface area contributed by atoms with Crippen LogP contribution in [0.2, 0.25) is 0 Å². The predicted octanol–water partition coefficient (Wildman–Crippen LogP) is 3.91. The Labute approximate surface area is 219 Å². The molecule has 2 fully saturated rings. The SMILES string of the molecule is COc1nc(N[C@@H]2CCN(C3COC3)CC2(C)F)nn2cc(F)c(-c3cc(F)c4ncn(CC(F)F)c4c3)c12. The number of fused-ring (bicyclic) bond motifs is 2. The van der Waals surface area contributed by atoms with Gasteiger partial charge in [-0.2, -0.15) is 4.98 Å². The molecule has 4 aromatic rings. The first kappa shape index (κ1) is 25.7. The highest BCUT2D eigenvalue weighted by atomic mass is 19.3. The summed E-state index contributed by atoms with van der Waals surface area (Å²) in [5.74, 6) is -1.55. The minimum absolute atomic E-state index is 0.0300. The van der Waals surface area contributed by atoms with Crippen molar-refractivity contribution in [2.24, 2.45) is 0 Å². The highest BCUT2D eigenvalue weighted by Crippen LogP contribution is 2.37. The molecule has 0 amide bonds. The Bertz CT molecular complexity index is 1530. The van der Waals surface area contributed by atoms with E-state index >= 15 is 8.78 Å². The van der Waals surface area contributed by atoms with E-state index in [2.05, 4.69) is 25.3 Å². The third-order valence-electron chi connectivity index (χ3n) is 7.43. The van der Waals surface area contributed by atoms with E-state index in [1.807, 2.05) is 0 Å². The van der Waals surface area contributed by atoms with E-state index in [0.29, 0.717) is 26.2 Å². The van der Waals surface area contributed by atoms with E-state index in [0.717, 1.165) is 23.2 Å². The molecule has 0 saturated carbocycles. The lowest BCUT2D eigenvalue weighted by molar-refractivity contribution is -0.0924. The molecule has 1 aromatic carbocycles. The first-order valence-corrected chi connectivity index (χ1v) is 12.5. The standard InChI is InChI=1S/C25H26F5N7O2/c1-25(30)11-35(14-9-39-10-14)4-3-18(25)32-24-33-23(38-2)22-20(16(27)7-37(22)34-24)13-5-15(26)21-17(6-13)36(12-31-21)8-19(28)29/h5-7,12,14,18-19H,3-4,8-11H2,1-2H3,(H,32,34)/t18-,25?/m1/s1. The van der Waals surface area contributed by atoms with Crippen molar-refractivity contribution in [1.82, 2.24) is 29.0 Å². The van der Waals surface area contributed by atoms with Crippen LogP contribution >= 0.6 is 0 Å². The van der Waals surface area contributed by atoms with E-state index in [1.54, 1.807) is 0 Å². The summed E-state index contributed by atoms with van der Waals surface area (Å²) in [6.45, 7) is 2.90.